The minimum Gasteiger partial charge on any atom is -0.508 e. The van der Waals surface area contributed by atoms with Gasteiger partial charge >= 0.3 is 0 Å². The van der Waals surface area contributed by atoms with E-state index in [-0.39, 0.29) is 12.5 Å². The van der Waals surface area contributed by atoms with Crippen molar-refractivity contribution in [3.63, 3.8) is 0 Å². The molecule has 0 spiro atoms. The number of hydrogen-bond acceptors (Lipinski definition) is 2. The van der Waals surface area contributed by atoms with Crippen LogP contribution in [0, 0.1) is 0 Å². The highest BCUT2D eigenvalue weighted by atomic mass is 16.3. The third-order valence-corrected chi connectivity index (χ3v) is 6.11. The first kappa shape index (κ1) is 20.5. The molecule has 0 amide bonds. The lowest BCUT2D eigenvalue weighted by Gasteiger charge is -2.43. The van der Waals surface area contributed by atoms with Crippen molar-refractivity contribution in [2.75, 3.05) is 13.6 Å². The molecule has 2 aromatic rings. The minimum absolute atomic E-state index is 0.0133. The summed E-state index contributed by atoms with van der Waals surface area (Å²) in [5.74, 6) is 0.414. The molecule has 2 aromatic carbocycles. The van der Waals surface area contributed by atoms with Crippen LogP contribution in [0.4, 0.5) is 0 Å². The zero-order chi connectivity index (χ0) is 19.3. The molecule has 2 rings (SSSR count). The van der Waals surface area contributed by atoms with E-state index in [0.717, 1.165) is 28.6 Å². The molecule has 0 aliphatic rings. The summed E-state index contributed by atoms with van der Waals surface area (Å²) in [7, 11) is 2.32. The molecule has 0 saturated heterocycles. The summed E-state index contributed by atoms with van der Waals surface area (Å²) < 4.78 is 0.990. The van der Waals surface area contributed by atoms with Crippen LogP contribution < -0.4 is 0 Å². The molecule has 3 heteroatoms. The fourth-order valence-electron chi connectivity index (χ4n) is 3.69. The second-order valence-corrected chi connectivity index (χ2v) is 8.06. The van der Waals surface area contributed by atoms with Gasteiger partial charge in [0.05, 0.1) is 32.3 Å². The van der Waals surface area contributed by atoms with Gasteiger partial charge in [-0.2, -0.15) is 0 Å². The molecule has 2 N–H and O–H groups in total. The van der Waals surface area contributed by atoms with Gasteiger partial charge in [0.25, 0.3) is 0 Å². The van der Waals surface area contributed by atoms with Gasteiger partial charge in [-0.1, -0.05) is 36.4 Å². The summed E-state index contributed by atoms with van der Waals surface area (Å²) in [5.41, 5.74) is 2.95. The van der Waals surface area contributed by atoms with Crippen LogP contribution >= 0.6 is 0 Å². The summed E-state index contributed by atoms with van der Waals surface area (Å²) in [6.07, 6.45) is 0.944. The molecule has 0 bridgehead atoms. The van der Waals surface area contributed by atoms with Gasteiger partial charge in [-0.05, 0) is 51.0 Å². The Bertz CT molecular complexity index is 687. The number of aliphatic hydroxyl groups is 1. The highest BCUT2D eigenvalue weighted by Gasteiger charge is 2.31. The Balaban J connectivity index is 2.41. The largest absolute Gasteiger partial charge is 0.508 e. The second-order valence-electron chi connectivity index (χ2n) is 8.06. The summed E-state index contributed by atoms with van der Waals surface area (Å²) in [5, 5.41) is 20.0. The van der Waals surface area contributed by atoms with Gasteiger partial charge in [0.15, 0.2) is 0 Å². The van der Waals surface area contributed by atoms with Gasteiger partial charge in [0, 0.05) is 17.9 Å². The lowest BCUT2D eigenvalue weighted by Crippen LogP contribution is -2.55. The van der Waals surface area contributed by atoms with Crippen LogP contribution in [-0.2, 0) is 6.61 Å². The number of nitrogens with zero attached hydrogens (tertiary/aromatic N) is 1. The third-order valence-electron chi connectivity index (χ3n) is 6.11. The molecular formula is C23H34NO2+. The summed E-state index contributed by atoms with van der Waals surface area (Å²) >= 11 is 0. The van der Waals surface area contributed by atoms with E-state index in [9.17, 15) is 10.2 Å². The smallest absolute Gasteiger partial charge is 0.119 e. The van der Waals surface area contributed by atoms with E-state index in [1.807, 2.05) is 24.3 Å². The van der Waals surface area contributed by atoms with Gasteiger partial charge in [0.1, 0.15) is 5.75 Å². The lowest BCUT2D eigenvalue weighted by atomic mass is 9.86. The Kier molecular flexibility index (Phi) is 6.85. The second kappa shape index (κ2) is 8.70. The maximum atomic E-state index is 10.5. The van der Waals surface area contributed by atoms with Crippen LogP contribution in [0.3, 0.4) is 0 Å². The van der Waals surface area contributed by atoms with Crippen LogP contribution in [0.25, 0.3) is 0 Å². The van der Waals surface area contributed by atoms with Gasteiger partial charge < -0.3 is 14.7 Å². The predicted octanol–water partition coefficient (Wildman–Crippen LogP) is 4.67. The van der Waals surface area contributed by atoms with Crippen molar-refractivity contribution in [3.05, 3.63) is 65.2 Å². The average Bonchev–Trinajstić information content (AvgIpc) is 2.63. The first-order valence-corrected chi connectivity index (χ1v) is 9.62. The first-order chi connectivity index (χ1) is 12.3. The van der Waals surface area contributed by atoms with Crippen molar-refractivity contribution >= 4 is 0 Å². The number of aliphatic hydroxyl groups excluding tert-OH is 1. The highest BCUT2D eigenvalue weighted by molar-refractivity contribution is 5.43. The highest BCUT2D eigenvalue weighted by Crippen LogP contribution is 2.36. The molecule has 0 aromatic heterocycles. The van der Waals surface area contributed by atoms with Crippen molar-refractivity contribution in [1.29, 1.82) is 0 Å². The summed E-state index contributed by atoms with van der Waals surface area (Å²) in [6.45, 7) is 10.1. The van der Waals surface area contributed by atoms with Crippen LogP contribution in [-0.4, -0.2) is 40.4 Å². The Hall–Kier alpha value is -1.84. The van der Waals surface area contributed by atoms with Gasteiger partial charge in [-0.3, -0.25) is 0 Å². The third kappa shape index (κ3) is 4.46. The maximum Gasteiger partial charge on any atom is 0.119 e. The van der Waals surface area contributed by atoms with Crippen LogP contribution in [0.5, 0.6) is 5.75 Å². The zero-order valence-corrected chi connectivity index (χ0v) is 16.8. The molecule has 142 valence electrons. The first-order valence-electron chi connectivity index (χ1n) is 9.62. The number of quaternary nitrogens is 1. The minimum atomic E-state index is -0.0133. The standard InChI is InChI=1S/C23H33NO2/c1-17(2)24(5,18(3)4)14-13-21(20-9-7-6-8-10-20)22-15-19(16-25)11-12-23(22)26/h6-12,15,17-18,21,25H,13-14,16H2,1-5H3/p+1/t21-/m1/s1. The molecule has 26 heavy (non-hydrogen) atoms. The molecule has 0 aliphatic heterocycles. The number of phenolic OH excluding ortho intramolecular Hbond substituents is 1. The molecule has 3 nitrogen and oxygen atoms in total. The normalized spacial score (nSPS) is 13.4. The van der Waals surface area contributed by atoms with Crippen LogP contribution in [0.2, 0.25) is 0 Å². The predicted molar refractivity (Wildman–Crippen MR) is 108 cm³/mol. The van der Waals surface area contributed by atoms with Crippen molar-refractivity contribution in [2.45, 2.75) is 58.7 Å². The molecule has 0 aliphatic carbocycles. The van der Waals surface area contributed by atoms with Crippen molar-refractivity contribution < 1.29 is 14.7 Å². The van der Waals surface area contributed by atoms with E-state index in [1.54, 1.807) is 12.1 Å². The maximum absolute atomic E-state index is 10.5. The number of aromatic hydroxyl groups is 1. The molecule has 0 saturated carbocycles. The van der Waals surface area contributed by atoms with Crippen LogP contribution in [0.1, 0.15) is 56.7 Å². The zero-order valence-electron chi connectivity index (χ0n) is 16.8. The summed E-state index contributed by atoms with van der Waals surface area (Å²) in [6, 6.07) is 16.9. The van der Waals surface area contributed by atoms with Crippen LogP contribution in [0.15, 0.2) is 48.5 Å². The lowest BCUT2D eigenvalue weighted by molar-refractivity contribution is -0.949. The van der Waals surface area contributed by atoms with E-state index in [2.05, 4.69) is 46.9 Å². The van der Waals surface area contributed by atoms with Crippen molar-refractivity contribution in [1.82, 2.24) is 0 Å². The average molecular weight is 357 g/mol. The molecule has 0 radical (unpaired) electrons. The number of benzene rings is 2. The Morgan fingerprint density at radius 1 is 0.923 bits per heavy atom. The van der Waals surface area contributed by atoms with Gasteiger partial charge in [0.2, 0.25) is 0 Å². The molecule has 0 unspecified atom stereocenters. The Labute approximate surface area is 158 Å². The fraction of sp³-hybridized carbons (Fsp3) is 0.478. The van der Waals surface area contributed by atoms with E-state index in [0.29, 0.717) is 17.8 Å². The fourth-order valence-corrected chi connectivity index (χ4v) is 3.69. The van der Waals surface area contributed by atoms with E-state index >= 15 is 0 Å². The molecule has 0 fully saturated rings. The molecular weight excluding hydrogens is 322 g/mol. The van der Waals surface area contributed by atoms with E-state index in [4.69, 9.17) is 0 Å². The molecule has 1 atom stereocenters. The monoisotopic (exact) mass is 356 g/mol. The SMILES string of the molecule is CC(C)[N+](C)(CC[C@H](c1ccccc1)c1cc(CO)ccc1O)C(C)C. The quantitative estimate of drug-likeness (QED) is 0.675. The van der Waals surface area contributed by atoms with Gasteiger partial charge in [-0.15, -0.1) is 0 Å². The van der Waals surface area contributed by atoms with Crippen molar-refractivity contribution in [3.8, 4) is 5.75 Å². The summed E-state index contributed by atoms with van der Waals surface area (Å²) in [4.78, 5) is 0. The number of phenols is 1. The number of rotatable bonds is 8. The van der Waals surface area contributed by atoms with Crippen molar-refractivity contribution in [2.24, 2.45) is 0 Å². The topological polar surface area (TPSA) is 40.5 Å². The Morgan fingerprint density at radius 2 is 1.54 bits per heavy atom. The molecule has 0 heterocycles. The number of hydrogen-bond donors (Lipinski definition) is 2. The van der Waals surface area contributed by atoms with E-state index in [1.165, 1.54) is 5.56 Å². The van der Waals surface area contributed by atoms with Gasteiger partial charge in [-0.25, -0.2) is 0 Å². The van der Waals surface area contributed by atoms with E-state index < -0.39 is 0 Å². The Morgan fingerprint density at radius 3 is 2.08 bits per heavy atom.